The van der Waals surface area contributed by atoms with E-state index in [9.17, 15) is 0 Å². The van der Waals surface area contributed by atoms with Crippen LogP contribution in [-0.4, -0.2) is 37.1 Å². The van der Waals surface area contributed by atoms with E-state index in [0.717, 1.165) is 24.9 Å². The van der Waals surface area contributed by atoms with Gasteiger partial charge in [-0.15, -0.1) is 6.58 Å². The molecule has 2 aliphatic rings. The molecule has 1 aliphatic carbocycles. The molecule has 86 valence electrons. The zero-order valence-electron chi connectivity index (χ0n) is 9.91. The molecule has 2 fully saturated rings. The smallest absolute Gasteiger partial charge is 0.0192 e. The van der Waals surface area contributed by atoms with Crippen molar-refractivity contribution in [1.29, 1.82) is 0 Å². The number of nitrogens with one attached hydrogen (secondary N) is 1. The molecule has 3 unspecified atom stereocenters. The van der Waals surface area contributed by atoms with Crippen LogP contribution in [0.1, 0.15) is 26.2 Å². The van der Waals surface area contributed by atoms with Gasteiger partial charge < -0.3 is 5.32 Å². The molecule has 2 rings (SSSR count). The van der Waals surface area contributed by atoms with Crippen LogP contribution in [0.3, 0.4) is 0 Å². The van der Waals surface area contributed by atoms with Gasteiger partial charge in [-0.25, -0.2) is 0 Å². The van der Waals surface area contributed by atoms with Crippen molar-refractivity contribution in [2.45, 2.75) is 32.2 Å². The largest absolute Gasteiger partial charge is 0.312 e. The summed E-state index contributed by atoms with van der Waals surface area (Å²) >= 11 is 0. The van der Waals surface area contributed by atoms with Crippen LogP contribution >= 0.6 is 0 Å². The van der Waals surface area contributed by atoms with E-state index in [1.165, 1.54) is 32.4 Å². The van der Waals surface area contributed by atoms with Crippen LogP contribution in [-0.2, 0) is 0 Å². The van der Waals surface area contributed by atoms with Crippen LogP contribution in [0.25, 0.3) is 0 Å². The maximum atomic E-state index is 3.73. The summed E-state index contributed by atoms with van der Waals surface area (Å²) in [6.07, 6.45) is 6.37. The molecule has 0 aromatic heterocycles. The highest BCUT2D eigenvalue weighted by molar-refractivity contribution is 4.90. The predicted octanol–water partition coefficient (Wildman–Crippen LogP) is 1.88. The van der Waals surface area contributed by atoms with E-state index in [4.69, 9.17) is 0 Å². The van der Waals surface area contributed by atoms with E-state index >= 15 is 0 Å². The fraction of sp³-hybridized carbons (Fsp3) is 0.846. The molecule has 1 N–H and O–H groups in total. The number of rotatable bonds is 5. The Bertz CT molecular complexity index is 203. The molecule has 0 bridgehead atoms. The number of likely N-dealkylation sites (tertiary alicyclic amines) is 1. The van der Waals surface area contributed by atoms with E-state index < -0.39 is 0 Å². The minimum atomic E-state index is 0.690. The monoisotopic (exact) mass is 208 g/mol. The highest BCUT2D eigenvalue weighted by atomic mass is 15.2. The summed E-state index contributed by atoms with van der Waals surface area (Å²) < 4.78 is 0. The maximum absolute atomic E-state index is 3.73. The highest BCUT2D eigenvalue weighted by Crippen LogP contribution is 2.38. The number of nitrogens with zero attached hydrogens (tertiary/aromatic N) is 1. The summed E-state index contributed by atoms with van der Waals surface area (Å²) in [6, 6.07) is 0.690. The maximum Gasteiger partial charge on any atom is 0.0192 e. The lowest BCUT2D eigenvalue weighted by Crippen LogP contribution is -2.39. The standard InChI is InChI=1S/C13H24N2/c1-3-7-14-8-11(2)15-9-12-5-4-6-13(12)10-15/h3,11-14H,1,4-10H2,2H3. The molecule has 15 heavy (non-hydrogen) atoms. The van der Waals surface area contributed by atoms with Gasteiger partial charge in [0.15, 0.2) is 0 Å². The average Bonchev–Trinajstić information content (AvgIpc) is 2.76. The normalized spacial score (nSPS) is 32.9. The van der Waals surface area contributed by atoms with Crippen LogP contribution in [0.15, 0.2) is 12.7 Å². The molecule has 0 amide bonds. The lowest BCUT2D eigenvalue weighted by atomic mass is 10.0. The van der Waals surface area contributed by atoms with Crippen LogP contribution in [0.4, 0.5) is 0 Å². The van der Waals surface area contributed by atoms with Gasteiger partial charge in [-0.05, 0) is 31.6 Å². The van der Waals surface area contributed by atoms with E-state index in [1.807, 2.05) is 6.08 Å². The van der Waals surface area contributed by atoms with Crippen molar-refractivity contribution in [2.24, 2.45) is 11.8 Å². The second-order valence-corrected chi connectivity index (χ2v) is 5.20. The van der Waals surface area contributed by atoms with Gasteiger partial charge in [-0.3, -0.25) is 4.90 Å². The zero-order chi connectivity index (χ0) is 10.7. The molecule has 1 saturated carbocycles. The van der Waals surface area contributed by atoms with Crippen molar-refractivity contribution in [2.75, 3.05) is 26.2 Å². The summed E-state index contributed by atoms with van der Waals surface area (Å²) in [7, 11) is 0. The van der Waals surface area contributed by atoms with Gasteiger partial charge in [0.05, 0.1) is 0 Å². The van der Waals surface area contributed by atoms with Gasteiger partial charge in [0.25, 0.3) is 0 Å². The molecule has 0 aromatic rings. The Morgan fingerprint density at radius 2 is 2.07 bits per heavy atom. The van der Waals surface area contributed by atoms with E-state index in [-0.39, 0.29) is 0 Å². The van der Waals surface area contributed by atoms with Gasteiger partial charge >= 0.3 is 0 Å². The first kappa shape index (κ1) is 11.2. The van der Waals surface area contributed by atoms with Crippen LogP contribution in [0, 0.1) is 11.8 Å². The molecule has 2 heteroatoms. The van der Waals surface area contributed by atoms with Crippen molar-refractivity contribution in [3.63, 3.8) is 0 Å². The second kappa shape index (κ2) is 5.13. The third-order valence-corrected chi connectivity index (χ3v) is 4.11. The molecule has 0 aromatic carbocycles. The molecule has 1 heterocycles. The van der Waals surface area contributed by atoms with Crippen molar-refractivity contribution >= 4 is 0 Å². The lowest BCUT2D eigenvalue weighted by molar-refractivity contribution is 0.235. The number of hydrogen-bond acceptors (Lipinski definition) is 2. The Hall–Kier alpha value is -0.340. The SMILES string of the molecule is C=CCNCC(C)N1CC2CCCC2C1. The van der Waals surface area contributed by atoms with Gasteiger partial charge in [-0.2, -0.15) is 0 Å². The summed E-state index contributed by atoms with van der Waals surface area (Å²) in [6.45, 7) is 10.8. The zero-order valence-corrected chi connectivity index (χ0v) is 9.91. The topological polar surface area (TPSA) is 15.3 Å². The van der Waals surface area contributed by atoms with E-state index in [2.05, 4.69) is 23.7 Å². The number of hydrogen-bond donors (Lipinski definition) is 1. The van der Waals surface area contributed by atoms with Gasteiger partial charge in [0, 0.05) is 32.2 Å². The Kier molecular flexibility index (Phi) is 3.81. The first-order valence-corrected chi connectivity index (χ1v) is 6.37. The third-order valence-electron chi connectivity index (χ3n) is 4.11. The van der Waals surface area contributed by atoms with Gasteiger partial charge in [0.1, 0.15) is 0 Å². The molecule has 1 saturated heterocycles. The van der Waals surface area contributed by atoms with E-state index in [1.54, 1.807) is 0 Å². The molecular formula is C13H24N2. The molecule has 1 aliphatic heterocycles. The van der Waals surface area contributed by atoms with Crippen molar-refractivity contribution in [3.05, 3.63) is 12.7 Å². The fourth-order valence-electron chi connectivity index (χ4n) is 3.15. The Morgan fingerprint density at radius 3 is 2.67 bits per heavy atom. The molecule has 0 spiro atoms. The minimum absolute atomic E-state index is 0.690. The Morgan fingerprint density at radius 1 is 1.40 bits per heavy atom. The van der Waals surface area contributed by atoms with Crippen molar-refractivity contribution in [3.8, 4) is 0 Å². The average molecular weight is 208 g/mol. The molecule has 3 atom stereocenters. The second-order valence-electron chi connectivity index (χ2n) is 5.20. The summed E-state index contributed by atoms with van der Waals surface area (Å²) in [4.78, 5) is 2.67. The van der Waals surface area contributed by atoms with E-state index in [0.29, 0.717) is 6.04 Å². The summed E-state index contributed by atoms with van der Waals surface area (Å²) in [5, 5.41) is 3.42. The summed E-state index contributed by atoms with van der Waals surface area (Å²) in [5.41, 5.74) is 0. The van der Waals surface area contributed by atoms with Crippen LogP contribution in [0.5, 0.6) is 0 Å². The Labute approximate surface area is 93.7 Å². The van der Waals surface area contributed by atoms with Gasteiger partial charge in [-0.1, -0.05) is 12.5 Å². The van der Waals surface area contributed by atoms with Crippen LogP contribution in [0.2, 0.25) is 0 Å². The quantitative estimate of drug-likeness (QED) is 0.548. The Balaban J connectivity index is 1.72. The summed E-state index contributed by atoms with van der Waals surface area (Å²) in [5.74, 6) is 2.04. The fourth-order valence-corrected chi connectivity index (χ4v) is 3.15. The number of fused-ring (bicyclic) bond motifs is 1. The first-order valence-electron chi connectivity index (χ1n) is 6.37. The lowest BCUT2D eigenvalue weighted by Gasteiger charge is -2.25. The van der Waals surface area contributed by atoms with Crippen LogP contribution < -0.4 is 5.32 Å². The highest BCUT2D eigenvalue weighted by Gasteiger charge is 2.37. The minimum Gasteiger partial charge on any atom is -0.312 e. The van der Waals surface area contributed by atoms with Gasteiger partial charge in [0.2, 0.25) is 0 Å². The van der Waals surface area contributed by atoms with Crippen molar-refractivity contribution < 1.29 is 0 Å². The molecular weight excluding hydrogens is 184 g/mol. The molecule has 2 nitrogen and oxygen atoms in total. The third kappa shape index (κ3) is 2.61. The van der Waals surface area contributed by atoms with Crippen molar-refractivity contribution in [1.82, 2.24) is 10.2 Å². The first-order chi connectivity index (χ1) is 7.31. The predicted molar refractivity (Wildman–Crippen MR) is 64.9 cm³/mol. The molecule has 0 radical (unpaired) electrons.